The van der Waals surface area contributed by atoms with E-state index >= 15 is 0 Å². The molecule has 0 radical (unpaired) electrons. The van der Waals surface area contributed by atoms with Crippen LogP contribution in [0, 0.1) is 10.1 Å². The zero-order valence-corrected chi connectivity index (χ0v) is 7.64. The monoisotopic (exact) mass is 191 g/mol. The molecule has 0 aromatic heterocycles. The zero-order chi connectivity index (χ0) is 10.6. The number of rotatable bonds is 3. The SMILES string of the molecule is C/C=C\c1ccc(C=O)c([N+](=O)[O-])c1. The van der Waals surface area contributed by atoms with E-state index in [1.165, 1.54) is 12.1 Å². The zero-order valence-electron chi connectivity index (χ0n) is 7.64. The van der Waals surface area contributed by atoms with E-state index in [2.05, 4.69) is 0 Å². The van der Waals surface area contributed by atoms with Crippen LogP contribution in [0.1, 0.15) is 22.8 Å². The molecule has 4 heteroatoms. The first-order chi connectivity index (χ1) is 6.69. The van der Waals surface area contributed by atoms with Crippen molar-refractivity contribution >= 4 is 18.0 Å². The Morgan fingerprint density at radius 3 is 2.64 bits per heavy atom. The lowest BCUT2D eigenvalue weighted by Crippen LogP contribution is -1.94. The fourth-order valence-corrected chi connectivity index (χ4v) is 1.11. The number of benzene rings is 1. The lowest BCUT2D eigenvalue weighted by molar-refractivity contribution is -0.385. The second-order valence-electron chi connectivity index (χ2n) is 2.69. The molecule has 0 heterocycles. The summed E-state index contributed by atoms with van der Waals surface area (Å²) in [6, 6.07) is 4.49. The van der Waals surface area contributed by atoms with Crippen molar-refractivity contribution in [1.29, 1.82) is 0 Å². The summed E-state index contributed by atoms with van der Waals surface area (Å²) >= 11 is 0. The van der Waals surface area contributed by atoms with Gasteiger partial charge in [-0.05, 0) is 18.6 Å². The third-order valence-electron chi connectivity index (χ3n) is 1.74. The lowest BCUT2D eigenvalue weighted by Gasteiger charge is -1.97. The Hall–Kier alpha value is -1.97. The Morgan fingerprint density at radius 1 is 1.43 bits per heavy atom. The highest BCUT2D eigenvalue weighted by atomic mass is 16.6. The predicted molar refractivity (Wildman–Crippen MR) is 53.2 cm³/mol. The summed E-state index contributed by atoms with van der Waals surface area (Å²) in [6.45, 7) is 1.82. The van der Waals surface area contributed by atoms with Crippen molar-refractivity contribution in [3.05, 3.63) is 45.5 Å². The molecule has 0 saturated heterocycles. The Labute approximate surface area is 81.0 Å². The molecule has 0 bridgehead atoms. The summed E-state index contributed by atoms with van der Waals surface area (Å²) < 4.78 is 0. The first-order valence-electron chi connectivity index (χ1n) is 4.05. The van der Waals surface area contributed by atoms with Gasteiger partial charge in [0.1, 0.15) is 0 Å². The van der Waals surface area contributed by atoms with Crippen LogP contribution >= 0.6 is 0 Å². The highest BCUT2D eigenvalue weighted by molar-refractivity contribution is 5.82. The predicted octanol–water partition coefficient (Wildman–Crippen LogP) is 2.44. The normalized spacial score (nSPS) is 10.4. The number of nitrogens with zero attached hydrogens (tertiary/aromatic N) is 1. The topological polar surface area (TPSA) is 60.2 Å². The first kappa shape index (κ1) is 10.1. The number of nitro benzene ring substituents is 1. The minimum Gasteiger partial charge on any atom is -0.298 e. The number of nitro groups is 1. The van der Waals surface area contributed by atoms with Crippen LogP contribution < -0.4 is 0 Å². The van der Waals surface area contributed by atoms with E-state index in [0.717, 1.165) is 0 Å². The lowest BCUT2D eigenvalue weighted by atomic mass is 10.1. The average Bonchev–Trinajstić information content (AvgIpc) is 2.18. The molecule has 0 aliphatic rings. The van der Waals surface area contributed by atoms with Gasteiger partial charge in [-0.25, -0.2) is 0 Å². The molecule has 0 saturated carbocycles. The van der Waals surface area contributed by atoms with Crippen molar-refractivity contribution in [2.45, 2.75) is 6.92 Å². The molecule has 0 atom stereocenters. The Bertz CT molecular complexity index is 396. The van der Waals surface area contributed by atoms with Crippen LogP contribution in [0.25, 0.3) is 6.08 Å². The summed E-state index contributed by atoms with van der Waals surface area (Å²) in [5.74, 6) is 0. The van der Waals surface area contributed by atoms with Gasteiger partial charge in [-0.1, -0.05) is 18.2 Å². The fourth-order valence-electron chi connectivity index (χ4n) is 1.11. The van der Waals surface area contributed by atoms with E-state index in [9.17, 15) is 14.9 Å². The Morgan fingerprint density at radius 2 is 2.14 bits per heavy atom. The molecule has 1 aromatic carbocycles. The van der Waals surface area contributed by atoms with Gasteiger partial charge in [0.2, 0.25) is 0 Å². The first-order valence-corrected chi connectivity index (χ1v) is 4.05. The van der Waals surface area contributed by atoms with E-state index in [4.69, 9.17) is 0 Å². The molecule has 0 spiro atoms. The van der Waals surface area contributed by atoms with Gasteiger partial charge in [0.05, 0.1) is 10.5 Å². The average molecular weight is 191 g/mol. The second-order valence-corrected chi connectivity index (χ2v) is 2.69. The number of hydrogen-bond donors (Lipinski definition) is 0. The molecule has 0 fully saturated rings. The minimum atomic E-state index is -0.559. The van der Waals surface area contributed by atoms with Gasteiger partial charge in [-0.2, -0.15) is 0 Å². The van der Waals surface area contributed by atoms with Gasteiger partial charge >= 0.3 is 0 Å². The Kier molecular flexibility index (Phi) is 3.12. The number of carbonyl (C=O) groups excluding carboxylic acids is 1. The van der Waals surface area contributed by atoms with E-state index in [0.29, 0.717) is 11.8 Å². The van der Waals surface area contributed by atoms with Crippen molar-refractivity contribution < 1.29 is 9.72 Å². The molecule has 0 aliphatic carbocycles. The summed E-state index contributed by atoms with van der Waals surface area (Å²) in [5.41, 5.74) is 0.656. The second kappa shape index (κ2) is 4.32. The van der Waals surface area contributed by atoms with Crippen LogP contribution in [0.2, 0.25) is 0 Å². The smallest absolute Gasteiger partial charge is 0.280 e. The van der Waals surface area contributed by atoms with Crippen LogP contribution in [-0.4, -0.2) is 11.2 Å². The minimum absolute atomic E-state index is 0.100. The molecule has 1 aromatic rings. The third kappa shape index (κ3) is 2.04. The number of aldehydes is 1. The summed E-state index contributed by atoms with van der Waals surface area (Å²) in [5, 5.41) is 10.6. The van der Waals surface area contributed by atoms with E-state index in [1.54, 1.807) is 18.2 Å². The molecule has 1 rings (SSSR count). The van der Waals surface area contributed by atoms with Crippen LogP contribution in [0.15, 0.2) is 24.3 Å². The van der Waals surface area contributed by atoms with E-state index < -0.39 is 4.92 Å². The van der Waals surface area contributed by atoms with Crippen LogP contribution in [-0.2, 0) is 0 Å². The van der Waals surface area contributed by atoms with Gasteiger partial charge in [-0.3, -0.25) is 14.9 Å². The molecule has 14 heavy (non-hydrogen) atoms. The van der Waals surface area contributed by atoms with Crippen molar-refractivity contribution in [2.75, 3.05) is 0 Å². The maximum atomic E-state index is 10.6. The van der Waals surface area contributed by atoms with Crippen molar-refractivity contribution in [2.24, 2.45) is 0 Å². The summed E-state index contributed by atoms with van der Waals surface area (Å²) in [7, 11) is 0. The summed E-state index contributed by atoms with van der Waals surface area (Å²) in [4.78, 5) is 20.5. The molecule has 0 amide bonds. The fraction of sp³-hybridized carbons (Fsp3) is 0.100. The molecule has 72 valence electrons. The number of carbonyl (C=O) groups is 1. The largest absolute Gasteiger partial charge is 0.298 e. The van der Waals surface area contributed by atoms with Crippen LogP contribution in [0.4, 0.5) is 5.69 Å². The maximum Gasteiger partial charge on any atom is 0.280 e. The third-order valence-corrected chi connectivity index (χ3v) is 1.74. The van der Waals surface area contributed by atoms with Gasteiger partial charge in [0.25, 0.3) is 5.69 Å². The molecule has 0 aliphatic heterocycles. The molecule has 4 nitrogen and oxygen atoms in total. The highest BCUT2D eigenvalue weighted by Gasteiger charge is 2.12. The molecule has 0 N–H and O–H groups in total. The quantitative estimate of drug-likeness (QED) is 0.418. The van der Waals surface area contributed by atoms with Gasteiger partial charge in [-0.15, -0.1) is 0 Å². The number of allylic oxidation sites excluding steroid dienone is 1. The Balaban J connectivity index is 3.27. The van der Waals surface area contributed by atoms with Gasteiger partial charge in [0.15, 0.2) is 6.29 Å². The van der Waals surface area contributed by atoms with E-state index in [1.807, 2.05) is 6.92 Å². The van der Waals surface area contributed by atoms with Gasteiger partial charge < -0.3 is 0 Å². The van der Waals surface area contributed by atoms with Crippen molar-refractivity contribution in [1.82, 2.24) is 0 Å². The van der Waals surface area contributed by atoms with Gasteiger partial charge in [0, 0.05) is 6.07 Å². The number of hydrogen-bond acceptors (Lipinski definition) is 3. The van der Waals surface area contributed by atoms with Crippen molar-refractivity contribution in [3.8, 4) is 0 Å². The highest BCUT2D eigenvalue weighted by Crippen LogP contribution is 2.19. The molecule has 0 unspecified atom stereocenters. The molecular formula is C10H9NO3. The summed E-state index contributed by atoms with van der Waals surface area (Å²) in [6.07, 6.45) is 4.00. The van der Waals surface area contributed by atoms with E-state index in [-0.39, 0.29) is 11.3 Å². The maximum absolute atomic E-state index is 10.6. The van der Waals surface area contributed by atoms with Crippen LogP contribution in [0.5, 0.6) is 0 Å². The van der Waals surface area contributed by atoms with Crippen LogP contribution in [0.3, 0.4) is 0 Å². The molecular weight excluding hydrogens is 182 g/mol. The van der Waals surface area contributed by atoms with Crippen molar-refractivity contribution in [3.63, 3.8) is 0 Å². The standard InChI is InChI=1S/C10H9NO3/c1-2-3-8-4-5-9(7-12)10(6-8)11(13)14/h2-7H,1H3/b3-2-.